The lowest BCUT2D eigenvalue weighted by Crippen LogP contribution is -2.67. The average Bonchev–Trinajstić information content (AvgIpc) is 3.61. The maximum absolute atomic E-state index is 14.9. The summed E-state index contributed by atoms with van der Waals surface area (Å²) in [4.78, 5) is 89.1. The van der Waals surface area contributed by atoms with Crippen LogP contribution in [0.4, 0.5) is 5.69 Å². The lowest BCUT2D eigenvalue weighted by atomic mass is 9.91. The van der Waals surface area contributed by atoms with Crippen molar-refractivity contribution in [1.82, 2.24) is 41.0 Å². The number of fused-ring (bicyclic) bond motifs is 8. The van der Waals surface area contributed by atoms with E-state index in [1.807, 2.05) is 0 Å². The van der Waals surface area contributed by atoms with Crippen LogP contribution in [-0.2, 0) is 34.4 Å². The Morgan fingerprint density at radius 1 is 0.849 bits per heavy atom. The summed E-state index contributed by atoms with van der Waals surface area (Å²) in [6.45, 7) is 5.85. The summed E-state index contributed by atoms with van der Waals surface area (Å²) >= 11 is 6.29. The van der Waals surface area contributed by atoms with Gasteiger partial charge in [-0.1, -0.05) is 31.5 Å². The van der Waals surface area contributed by atoms with Crippen molar-refractivity contribution in [2.45, 2.75) is 114 Å². The second-order valence-corrected chi connectivity index (χ2v) is 15.5. The first kappa shape index (κ1) is 37.0. The van der Waals surface area contributed by atoms with E-state index in [0.29, 0.717) is 55.0 Å². The van der Waals surface area contributed by atoms with Gasteiger partial charge in [0.15, 0.2) is 0 Å². The molecule has 0 unspecified atom stereocenters. The number of amides is 6. The zero-order chi connectivity index (χ0) is 37.9. The number of hydrazone groups is 1. The lowest BCUT2D eigenvalue weighted by molar-refractivity contribution is -0.163. The molecule has 0 bridgehead atoms. The standard InChI is InChI=1S/C35H47ClN10O7/c1-18(2)27-33(52)46-25(10-7-15-39-46)32(51)45-23(8-5-14-38-45)30(49)42(4)19(3)29(48)44-24(9-6-13-37-44)31(50)43-26(28(47)41-27)17-35(53)21-12-11-20(36)16-22(21)40-34(35)43/h11-12,15-16,18-19,23-27,34,37-38,40,53H,5-10,13-14,17H2,1-4H3,(H,41,47)/t19-,23+,24+,25+,26-,27+,34+,35-/m1/s1. The highest BCUT2D eigenvalue weighted by atomic mass is 35.5. The fourth-order valence-electron chi connectivity index (χ4n) is 8.47. The largest absolute Gasteiger partial charge is 0.381 e. The Kier molecular flexibility index (Phi) is 9.88. The number of hydrogen-bond acceptors (Lipinski definition) is 11. The summed E-state index contributed by atoms with van der Waals surface area (Å²) in [5.41, 5.74) is 5.33. The fourth-order valence-corrected chi connectivity index (χ4v) is 8.64. The number of carbonyl (C=O) groups excluding carboxylic acids is 6. The van der Waals surface area contributed by atoms with Crippen LogP contribution in [0.1, 0.15) is 71.3 Å². The van der Waals surface area contributed by atoms with Gasteiger partial charge in [0.25, 0.3) is 17.7 Å². The van der Waals surface area contributed by atoms with Crippen LogP contribution in [0.15, 0.2) is 23.3 Å². The number of hydrogen-bond donors (Lipinski definition) is 5. The Morgan fingerprint density at radius 3 is 2.19 bits per heavy atom. The van der Waals surface area contributed by atoms with E-state index in [-0.39, 0.29) is 19.3 Å². The minimum Gasteiger partial charge on any atom is -0.381 e. The molecule has 6 aliphatic rings. The smallest absolute Gasteiger partial charge is 0.266 e. The number of likely N-dealkylation sites (N-methyl/N-ethyl adjacent to an activating group) is 1. The molecule has 0 radical (unpaired) electrons. The van der Waals surface area contributed by atoms with Gasteiger partial charge in [-0.2, -0.15) is 5.10 Å². The quantitative estimate of drug-likeness (QED) is 0.257. The SMILES string of the molecule is CC(C)[C@@H]1NC(=O)[C@H]2C[C@@]3(O)c4ccc(Cl)cc4N[C@H]3N2C(=O)[C@@H]2CCCNN2C(=O)[C@@H](C)N(C)C(=O)[C@@H]2CCCNN2C(=O)[C@@H]2CCC=NN2C1=O. The number of rotatable bonds is 1. The van der Waals surface area contributed by atoms with Gasteiger partial charge in [0, 0.05) is 49.0 Å². The van der Waals surface area contributed by atoms with E-state index in [9.17, 15) is 33.9 Å². The van der Waals surface area contributed by atoms with Crippen molar-refractivity contribution >= 4 is 58.9 Å². The van der Waals surface area contributed by atoms with Crippen LogP contribution in [0, 0.1) is 5.92 Å². The number of nitrogens with one attached hydrogen (secondary N) is 4. The number of hydrazine groups is 2. The van der Waals surface area contributed by atoms with E-state index < -0.39 is 89.4 Å². The van der Waals surface area contributed by atoms with E-state index >= 15 is 0 Å². The Balaban J connectivity index is 1.33. The number of nitrogens with zero attached hydrogens (tertiary/aromatic N) is 6. The van der Waals surface area contributed by atoms with Crippen molar-refractivity contribution in [3.8, 4) is 0 Å². The van der Waals surface area contributed by atoms with Crippen molar-refractivity contribution in [3.05, 3.63) is 28.8 Å². The molecular formula is C35H47ClN10O7. The Bertz CT molecular complexity index is 1740. The van der Waals surface area contributed by atoms with Crippen molar-refractivity contribution in [1.29, 1.82) is 0 Å². The van der Waals surface area contributed by atoms with Crippen molar-refractivity contribution in [3.63, 3.8) is 0 Å². The first-order valence-corrected chi connectivity index (χ1v) is 18.8. The van der Waals surface area contributed by atoms with Gasteiger partial charge in [-0.15, -0.1) is 0 Å². The average molecular weight is 755 g/mol. The third-order valence-corrected chi connectivity index (χ3v) is 11.7. The Labute approximate surface area is 312 Å². The van der Waals surface area contributed by atoms with Crippen LogP contribution in [0.25, 0.3) is 0 Å². The minimum atomic E-state index is -1.73. The minimum absolute atomic E-state index is 0.220. The summed E-state index contributed by atoms with van der Waals surface area (Å²) in [7, 11) is 1.49. The summed E-state index contributed by atoms with van der Waals surface area (Å²) in [5, 5.41) is 26.7. The van der Waals surface area contributed by atoms with Crippen LogP contribution < -0.4 is 21.5 Å². The summed E-state index contributed by atoms with van der Waals surface area (Å²) in [6.07, 6.45) is 2.51. The highest BCUT2D eigenvalue weighted by Gasteiger charge is 2.62. The van der Waals surface area contributed by atoms with Gasteiger partial charge in [0.05, 0.1) is 0 Å². The molecule has 6 heterocycles. The van der Waals surface area contributed by atoms with Gasteiger partial charge in [0.2, 0.25) is 17.7 Å². The molecule has 0 aliphatic carbocycles. The van der Waals surface area contributed by atoms with Crippen molar-refractivity contribution in [2.24, 2.45) is 11.0 Å². The highest BCUT2D eigenvalue weighted by Crippen LogP contribution is 2.50. The molecule has 0 spiro atoms. The van der Waals surface area contributed by atoms with Crippen LogP contribution in [0.2, 0.25) is 5.02 Å². The third kappa shape index (κ3) is 6.20. The molecule has 5 N–H and O–H groups in total. The van der Waals surface area contributed by atoms with Crippen LogP contribution in [0.3, 0.4) is 0 Å². The van der Waals surface area contributed by atoms with E-state index in [1.54, 1.807) is 39.0 Å². The van der Waals surface area contributed by atoms with Gasteiger partial charge in [-0.05, 0) is 63.5 Å². The molecule has 286 valence electrons. The third-order valence-electron chi connectivity index (χ3n) is 11.5. The van der Waals surface area contributed by atoms with E-state index in [0.717, 1.165) is 5.01 Å². The molecule has 53 heavy (non-hydrogen) atoms. The first-order valence-electron chi connectivity index (χ1n) is 18.4. The molecule has 18 heteroatoms. The normalized spacial score (nSPS) is 34.1. The molecular weight excluding hydrogens is 708 g/mol. The van der Waals surface area contributed by atoms with Gasteiger partial charge in [0.1, 0.15) is 48.0 Å². The number of carbonyl (C=O) groups is 6. The van der Waals surface area contributed by atoms with Gasteiger partial charge in [-0.25, -0.2) is 15.9 Å². The predicted octanol–water partition coefficient (Wildman–Crippen LogP) is -0.151. The molecule has 6 aliphatic heterocycles. The maximum Gasteiger partial charge on any atom is 0.266 e. The Morgan fingerprint density at radius 2 is 1.51 bits per heavy atom. The fraction of sp³-hybridized carbons (Fsp3) is 0.629. The summed E-state index contributed by atoms with van der Waals surface area (Å²) in [6, 6.07) is -1.77. The zero-order valence-corrected chi connectivity index (χ0v) is 31.0. The topological polar surface area (TPSA) is 199 Å². The molecule has 7 rings (SSSR count). The predicted molar refractivity (Wildman–Crippen MR) is 191 cm³/mol. The summed E-state index contributed by atoms with van der Waals surface area (Å²) in [5.74, 6) is -3.95. The zero-order valence-electron chi connectivity index (χ0n) is 30.3. The Hall–Kier alpha value is -4.32. The van der Waals surface area contributed by atoms with Gasteiger partial charge >= 0.3 is 0 Å². The van der Waals surface area contributed by atoms with E-state index in [1.165, 1.54) is 33.1 Å². The molecule has 17 nitrogen and oxygen atoms in total. The number of anilines is 1. The summed E-state index contributed by atoms with van der Waals surface area (Å²) < 4.78 is 0. The highest BCUT2D eigenvalue weighted by molar-refractivity contribution is 6.31. The maximum atomic E-state index is 14.9. The lowest BCUT2D eigenvalue weighted by Gasteiger charge is -2.44. The second kappa shape index (κ2) is 14.2. The van der Waals surface area contributed by atoms with Crippen LogP contribution in [-0.4, -0.2) is 134 Å². The molecule has 0 aromatic heterocycles. The van der Waals surface area contributed by atoms with Gasteiger partial charge < -0.3 is 25.5 Å². The first-order chi connectivity index (χ1) is 25.2. The molecule has 1 aromatic carbocycles. The molecule has 6 amide bonds. The number of aliphatic hydroxyl groups is 1. The molecule has 1 aromatic rings. The number of benzene rings is 1. The van der Waals surface area contributed by atoms with E-state index in [2.05, 4.69) is 26.6 Å². The molecule has 4 saturated heterocycles. The second-order valence-electron chi connectivity index (χ2n) is 15.1. The molecule has 8 atom stereocenters. The number of halogens is 1. The van der Waals surface area contributed by atoms with Crippen LogP contribution in [0.5, 0.6) is 0 Å². The van der Waals surface area contributed by atoms with Crippen LogP contribution >= 0.6 is 11.6 Å². The van der Waals surface area contributed by atoms with Gasteiger partial charge in [-0.3, -0.25) is 38.8 Å². The molecule has 0 saturated carbocycles. The monoisotopic (exact) mass is 754 g/mol. The van der Waals surface area contributed by atoms with E-state index in [4.69, 9.17) is 11.6 Å². The molecule has 4 fully saturated rings. The van der Waals surface area contributed by atoms with Crippen molar-refractivity contribution in [2.75, 3.05) is 25.5 Å². The van der Waals surface area contributed by atoms with Crippen molar-refractivity contribution < 1.29 is 33.9 Å².